The van der Waals surface area contributed by atoms with E-state index in [0.29, 0.717) is 21.8 Å². The lowest BCUT2D eigenvalue weighted by molar-refractivity contribution is -0.384. The topological polar surface area (TPSA) is 120 Å². The van der Waals surface area contributed by atoms with Gasteiger partial charge in [0.2, 0.25) is 10.0 Å². The van der Waals surface area contributed by atoms with Crippen molar-refractivity contribution in [2.75, 3.05) is 0 Å². The normalized spacial score (nSPS) is 11.5. The highest BCUT2D eigenvalue weighted by atomic mass is 35.5. The molecule has 9 nitrogen and oxygen atoms in total. The summed E-state index contributed by atoms with van der Waals surface area (Å²) < 4.78 is 30.0. The van der Waals surface area contributed by atoms with Gasteiger partial charge in [0.1, 0.15) is 0 Å². The van der Waals surface area contributed by atoms with E-state index in [1.807, 2.05) is 38.1 Å². The van der Waals surface area contributed by atoms with Crippen LogP contribution in [0.1, 0.15) is 22.5 Å². The number of thioether (sulfide) groups is 1. The Morgan fingerprint density at radius 1 is 1.06 bits per heavy atom. The van der Waals surface area contributed by atoms with Gasteiger partial charge in [0.15, 0.2) is 11.0 Å². The van der Waals surface area contributed by atoms with E-state index < -0.39 is 14.9 Å². The summed E-state index contributed by atoms with van der Waals surface area (Å²) in [7, 11) is -3.96. The van der Waals surface area contributed by atoms with Crippen LogP contribution in [0.5, 0.6) is 0 Å². The molecule has 0 saturated heterocycles. The van der Waals surface area contributed by atoms with Crippen molar-refractivity contribution in [2.24, 2.45) is 0 Å². The average molecular weight is 544 g/mol. The standard InChI is InChI=1S/C24H22ClN5O4S2/c1-16-4-3-5-18(12-16)15-35-24-28-27-23(29(24)22-13-19(25)7-6-17(22)2)14-26-36(33,34)21-10-8-20(9-11-21)30(31)32/h3-13,26H,14-15H2,1-2H3. The quantitative estimate of drug-likeness (QED) is 0.174. The van der Waals surface area contributed by atoms with Crippen LogP contribution in [0.3, 0.4) is 0 Å². The fourth-order valence-corrected chi connectivity index (χ4v) is 5.57. The van der Waals surface area contributed by atoms with E-state index in [0.717, 1.165) is 34.5 Å². The summed E-state index contributed by atoms with van der Waals surface area (Å²) in [5, 5.41) is 20.6. The van der Waals surface area contributed by atoms with Crippen molar-refractivity contribution >= 4 is 39.1 Å². The van der Waals surface area contributed by atoms with Crippen molar-refractivity contribution in [1.29, 1.82) is 0 Å². The average Bonchev–Trinajstić information content (AvgIpc) is 3.25. The molecule has 186 valence electrons. The van der Waals surface area contributed by atoms with Crippen LogP contribution in [-0.4, -0.2) is 28.1 Å². The molecule has 0 aliphatic heterocycles. The first-order valence-corrected chi connectivity index (χ1v) is 13.6. The van der Waals surface area contributed by atoms with E-state index in [9.17, 15) is 18.5 Å². The number of nitro groups is 1. The molecule has 12 heteroatoms. The molecule has 36 heavy (non-hydrogen) atoms. The Hall–Kier alpha value is -3.25. The van der Waals surface area contributed by atoms with Crippen molar-refractivity contribution < 1.29 is 13.3 Å². The third-order valence-corrected chi connectivity index (χ3v) is 7.99. The number of non-ortho nitro benzene ring substituents is 1. The first-order chi connectivity index (χ1) is 17.1. The zero-order chi connectivity index (χ0) is 25.9. The highest BCUT2D eigenvalue weighted by Gasteiger charge is 2.21. The molecule has 0 spiro atoms. The van der Waals surface area contributed by atoms with Gasteiger partial charge in [-0.2, -0.15) is 0 Å². The van der Waals surface area contributed by atoms with Gasteiger partial charge in [-0.05, 0) is 49.2 Å². The number of hydrogen-bond acceptors (Lipinski definition) is 7. The molecule has 1 aromatic heterocycles. The minimum Gasteiger partial charge on any atom is -0.273 e. The fourth-order valence-electron chi connectivity index (χ4n) is 3.51. The summed E-state index contributed by atoms with van der Waals surface area (Å²) in [6, 6.07) is 18.3. The minimum atomic E-state index is -3.96. The zero-order valence-corrected chi connectivity index (χ0v) is 21.8. The van der Waals surface area contributed by atoms with Crippen LogP contribution in [0, 0.1) is 24.0 Å². The molecule has 0 saturated carbocycles. The lowest BCUT2D eigenvalue weighted by atomic mass is 10.2. The molecule has 0 aliphatic carbocycles. The van der Waals surface area contributed by atoms with Gasteiger partial charge in [-0.25, -0.2) is 13.1 Å². The Kier molecular flexibility index (Phi) is 7.74. The summed E-state index contributed by atoms with van der Waals surface area (Å²) >= 11 is 7.75. The number of nitro benzene ring substituents is 1. The van der Waals surface area contributed by atoms with E-state index >= 15 is 0 Å². The van der Waals surface area contributed by atoms with Crippen LogP contribution in [0.15, 0.2) is 76.8 Å². The van der Waals surface area contributed by atoms with Crippen molar-refractivity contribution in [3.05, 3.63) is 104 Å². The highest BCUT2D eigenvalue weighted by molar-refractivity contribution is 7.98. The molecule has 0 atom stereocenters. The summed E-state index contributed by atoms with van der Waals surface area (Å²) in [6.45, 7) is 3.80. The predicted octanol–water partition coefficient (Wildman–Crippen LogP) is 5.22. The maximum absolute atomic E-state index is 12.8. The Balaban J connectivity index is 1.63. The van der Waals surface area contributed by atoms with Gasteiger partial charge in [0.05, 0.1) is 22.1 Å². The maximum Gasteiger partial charge on any atom is 0.269 e. The SMILES string of the molecule is Cc1cccc(CSc2nnc(CNS(=O)(=O)c3ccc([N+](=O)[O-])cc3)n2-c2cc(Cl)ccc2C)c1. The predicted molar refractivity (Wildman–Crippen MR) is 139 cm³/mol. The Morgan fingerprint density at radius 3 is 2.50 bits per heavy atom. The van der Waals surface area contributed by atoms with Gasteiger partial charge < -0.3 is 0 Å². The van der Waals surface area contributed by atoms with Gasteiger partial charge in [-0.3, -0.25) is 14.7 Å². The number of aromatic nitrogens is 3. The Morgan fingerprint density at radius 2 is 1.81 bits per heavy atom. The summed E-state index contributed by atoms with van der Waals surface area (Å²) in [6.07, 6.45) is 0. The second-order valence-electron chi connectivity index (χ2n) is 8.02. The van der Waals surface area contributed by atoms with Gasteiger partial charge >= 0.3 is 0 Å². The number of hydrogen-bond donors (Lipinski definition) is 1. The number of aryl methyl sites for hydroxylation is 2. The van der Waals surface area contributed by atoms with Crippen LogP contribution < -0.4 is 4.72 Å². The molecule has 0 unspecified atom stereocenters. The van der Waals surface area contributed by atoms with E-state index in [2.05, 4.69) is 21.0 Å². The molecular weight excluding hydrogens is 522 g/mol. The van der Waals surface area contributed by atoms with Crippen molar-refractivity contribution in [3.63, 3.8) is 0 Å². The molecule has 1 heterocycles. The second-order valence-corrected chi connectivity index (χ2v) is 11.2. The van der Waals surface area contributed by atoms with Crippen molar-refractivity contribution in [3.8, 4) is 5.69 Å². The first kappa shape index (κ1) is 25.8. The highest BCUT2D eigenvalue weighted by Crippen LogP contribution is 2.29. The zero-order valence-electron chi connectivity index (χ0n) is 19.4. The Bertz CT molecular complexity index is 1520. The van der Waals surface area contributed by atoms with E-state index in [1.54, 1.807) is 16.7 Å². The van der Waals surface area contributed by atoms with Crippen LogP contribution in [0.4, 0.5) is 5.69 Å². The van der Waals surface area contributed by atoms with E-state index in [4.69, 9.17) is 11.6 Å². The number of nitrogens with zero attached hydrogens (tertiary/aromatic N) is 4. The molecule has 4 rings (SSSR count). The lowest BCUT2D eigenvalue weighted by Gasteiger charge is -2.14. The number of rotatable bonds is 9. The van der Waals surface area contributed by atoms with Crippen LogP contribution in [0.25, 0.3) is 5.69 Å². The van der Waals surface area contributed by atoms with Crippen molar-refractivity contribution in [2.45, 2.75) is 36.2 Å². The maximum atomic E-state index is 12.8. The van der Waals surface area contributed by atoms with Gasteiger partial charge in [0, 0.05) is 22.9 Å². The van der Waals surface area contributed by atoms with Gasteiger partial charge in [-0.15, -0.1) is 10.2 Å². The lowest BCUT2D eigenvalue weighted by Crippen LogP contribution is -2.25. The molecule has 0 aliphatic rings. The first-order valence-electron chi connectivity index (χ1n) is 10.8. The largest absolute Gasteiger partial charge is 0.273 e. The number of sulfonamides is 1. The summed E-state index contributed by atoms with van der Waals surface area (Å²) in [5.74, 6) is 1.02. The van der Waals surface area contributed by atoms with E-state index in [-0.39, 0.29) is 17.1 Å². The monoisotopic (exact) mass is 543 g/mol. The van der Waals surface area contributed by atoms with Crippen LogP contribution in [-0.2, 0) is 22.3 Å². The van der Waals surface area contributed by atoms with Crippen LogP contribution in [0.2, 0.25) is 5.02 Å². The molecule has 3 aromatic carbocycles. The minimum absolute atomic E-state index is 0.0906. The number of nitrogens with one attached hydrogen (secondary N) is 1. The third kappa shape index (κ3) is 5.93. The molecule has 1 N–H and O–H groups in total. The Labute approximate surface area is 217 Å². The summed E-state index contributed by atoms with van der Waals surface area (Å²) in [5.41, 5.74) is 3.74. The molecule has 0 radical (unpaired) electrons. The number of halogens is 1. The van der Waals surface area contributed by atoms with Crippen LogP contribution >= 0.6 is 23.4 Å². The molecular formula is C24H22ClN5O4S2. The molecule has 0 bridgehead atoms. The number of benzene rings is 3. The smallest absolute Gasteiger partial charge is 0.269 e. The van der Waals surface area contributed by atoms with E-state index in [1.165, 1.54) is 23.9 Å². The van der Waals surface area contributed by atoms with Gasteiger partial charge in [-0.1, -0.05) is 59.3 Å². The second kappa shape index (κ2) is 10.8. The molecule has 4 aromatic rings. The molecule has 0 amide bonds. The van der Waals surface area contributed by atoms with Crippen molar-refractivity contribution in [1.82, 2.24) is 19.5 Å². The third-order valence-electron chi connectivity index (χ3n) is 5.34. The fraction of sp³-hybridized carbons (Fsp3) is 0.167. The van der Waals surface area contributed by atoms with Gasteiger partial charge in [0.25, 0.3) is 5.69 Å². The summed E-state index contributed by atoms with van der Waals surface area (Å²) in [4.78, 5) is 10.2. The molecule has 0 fully saturated rings.